The molecular weight excluding hydrogens is 262 g/mol. The van der Waals surface area contributed by atoms with Gasteiger partial charge in [-0.2, -0.15) is 0 Å². The molecule has 1 aromatic rings. The van der Waals surface area contributed by atoms with E-state index in [1.807, 2.05) is 30.3 Å². The second-order valence-corrected chi connectivity index (χ2v) is 7.09. The van der Waals surface area contributed by atoms with Gasteiger partial charge in [0.2, 0.25) is 0 Å². The van der Waals surface area contributed by atoms with E-state index in [2.05, 4.69) is 0 Å². The van der Waals surface area contributed by atoms with E-state index < -0.39 is 15.9 Å². The molecule has 1 atom stereocenters. The van der Waals surface area contributed by atoms with Crippen molar-refractivity contribution in [3.05, 3.63) is 35.9 Å². The lowest BCUT2D eigenvalue weighted by Crippen LogP contribution is -2.32. The topological polar surface area (TPSA) is 77.2 Å². The van der Waals surface area contributed by atoms with Crippen molar-refractivity contribution >= 4 is 15.6 Å². The Kier molecular flexibility index (Phi) is 6.18. The van der Waals surface area contributed by atoms with Crippen LogP contribution in [0.3, 0.4) is 0 Å². The van der Waals surface area contributed by atoms with Gasteiger partial charge in [0.15, 0.2) is 0 Å². The molecule has 0 aliphatic rings. The van der Waals surface area contributed by atoms with Gasteiger partial charge in [-0.3, -0.25) is 4.79 Å². The number of hydrogen-bond acceptors (Lipinski definition) is 4. The summed E-state index contributed by atoms with van der Waals surface area (Å²) in [6.07, 6.45) is 3.35. The molecule has 19 heavy (non-hydrogen) atoms. The van der Waals surface area contributed by atoms with Crippen LogP contribution in [0.2, 0.25) is 0 Å². The zero-order chi connectivity index (χ0) is 14.3. The van der Waals surface area contributed by atoms with Gasteiger partial charge in [0.1, 0.15) is 15.6 Å². The second-order valence-electron chi connectivity index (χ2n) is 4.83. The molecular formula is C14H21NO3S. The Hall–Kier alpha value is -1.20. The molecule has 0 fully saturated rings. The van der Waals surface area contributed by atoms with Crippen LogP contribution in [0, 0.1) is 0 Å². The minimum absolute atomic E-state index is 0.0292. The standard InChI is InChI=1S/C14H21NO3S/c1-19(17,18)11-10-13(15)14(16)9-5-8-12-6-3-2-4-7-12/h2-4,6-7,13H,5,8-11,15H2,1H3. The zero-order valence-electron chi connectivity index (χ0n) is 11.2. The van der Waals surface area contributed by atoms with E-state index in [4.69, 9.17) is 5.73 Å². The SMILES string of the molecule is CS(=O)(=O)CCC(N)C(=O)CCCc1ccccc1. The minimum atomic E-state index is -3.05. The van der Waals surface area contributed by atoms with Gasteiger partial charge in [-0.15, -0.1) is 0 Å². The maximum Gasteiger partial charge on any atom is 0.149 e. The average molecular weight is 283 g/mol. The van der Waals surface area contributed by atoms with E-state index in [9.17, 15) is 13.2 Å². The van der Waals surface area contributed by atoms with Crippen LogP contribution in [0.4, 0.5) is 0 Å². The van der Waals surface area contributed by atoms with Gasteiger partial charge in [0.05, 0.1) is 11.8 Å². The largest absolute Gasteiger partial charge is 0.321 e. The van der Waals surface area contributed by atoms with Gasteiger partial charge in [-0.25, -0.2) is 8.42 Å². The minimum Gasteiger partial charge on any atom is -0.321 e. The number of Topliss-reactive ketones (excluding diaryl/α,β-unsaturated/α-hetero) is 1. The predicted octanol–water partition coefficient (Wildman–Crippen LogP) is 1.34. The summed E-state index contributed by atoms with van der Waals surface area (Å²) in [6, 6.07) is 9.27. The first-order valence-corrected chi connectivity index (χ1v) is 8.44. The molecule has 2 N–H and O–H groups in total. The van der Waals surface area contributed by atoms with Crippen LogP contribution in [0.15, 0.2) is 30.3 Å². The normalized spacial score (nSPS) is 13.2. The van der Waals surface area contributed by atoms with Gasteiger partial charge in [0, 0.05) is 12.7 Å². The van der Waals surface area contributed by atoms with Crippen molar-refractivity contribution in [3.8, 4) is 0 Å². The van der Waals surface area contributed by atoms with Crippen molar-refractivity contribution in [2.45, 2.75) is 31.7 Å². The van der Waals surface area contributed by atoms with E-state index >= 15 is 0 Å². The Bertz CT molecular complexity index is 497. The Labute approximate surface area is 114 Å². The molecule has 0 bridgehead atoms. The van der Waals surface area contributed by atoms with Crippen molar-refractivity contribution in [2.75, 3.05) is 12.0 Å². The lowest BCUT2D eigenvalue weighted by Gasteiger charge is -2.09. The fraction of sp³-hybridized carbons (Fsp3) is 0.500. The molecule has 1 aromatic carbocycles. The molecule has 4 nitrogen and oxygen atoms in total. The third-order valence-corrected chi connectivity index (χ3v) is 3.92. The van der Waals surface area contributed by atoms with E-state index in [0.717, 1.165) is 19.1 Å². The summed E-state index contributed by atoms with van der Waals surface area (Å²) in [5.41, 5.74) is 6.88. The number of rotatable bonds is 8. The number of sulfone groups is 1. The predicted molar refractivity (Wildman–Crippen MR) is 76.7 cm³/mol. The van der Waals surface area contributed by atoms with Crippen LogP contribution in [0.1, 0.15) is 24.8 Å². The van der Waals surface area contributed by atoms with Crippen molar-refractivity contribution in [1.29, 1.82) is 0 Å². The average Bonchev–Trinajstić information content (AvgIpc) is 2.36. The third kappa shape index (κ3) is 7.08. The molecule has 1 rings (SSSR count). The summed E-state index contributed by atoms with van der Waals surface area (Å²) >= 11 is 0. The molecule has 106 valence electrons. The third-order valence-electron chi connectivity index (χ3n) is 2.94. The summed E-state index contributed by atoms with van der Waals surface area (Å²) in [5.74, 6) is -0.0851. The van der Waals surface area contributed by atoms with Gasteiger partial charge in [0.25, 0.3) is 0 Å². The molecule has 5 heteroatoms. The molecule has 0 saturated heterocycles. The molecule has 0 aromatic heterocycles. The Morgan fingerprint density at radius 1 is 1.26 bits per heavy atom. The highest BCUT2D eigenvalue weighted by Gasteiger charge is 2.15. The highest BCUT2D eigenvalue weighted by Crippen LogP contribution is 2.07. The van der Waals surface area contributed by atoms with Crippen molar-refractivity contribution in [3.63, 3.8) is 0 Å². The number of aryl methyl sites for hydroxylation is 1. The van der Waals surface area contributed by atoms with Crippen LogP contribution in [-0.4, -0.2) is 32.3 Å². The van der Waals surface area contributed by atoms with E-state index in [1.165, 1.54) is 5.56 Å². The van der Waals surface area contributed by atoms with E-state index in [0.29, 0.717) is 6.42 Å². The van der Waals surface area contributed by atoms with E-state index in [-0.39, 0.29) is 18.0 Å². The van der Waals surface area contributed by atoms with Crippen LogP contribution >= 0.6 is 0 Å². The number of nitrogens with two attached hydrogens (primary N) is 1. The van der Waals surface area contributed by atoms with Crippen LogP contribution in [0.25, 0.3) is 0 Å². The molecule has 0 radical (unpaired) electrons. The number of carbonyl (C=O) groups is 1. The highest BCUT2D eigenvalue weighted by atomic mass is 32.2. The molecule has 0 saturated carbocycles. The number of benzene rings is 1. The lowest BCUT2D eigenvalue weighted by atomic mass is 10.0. The van der Waals surface area contributed by atoms with Crippen LogP contribution in [0.5, 0.6) is 0 Å². The first kappa shape index (κ1) is 15.9. The number of carbonyl (C=O) groups excluding carboxylic acids is 1. The van der Waals surface area contributed by atoms with E-state index in [1.54, 1.807) is 0 Å². The van der Waals surface area contributed by atoms with Gasteiger partial charge >= 0.3 is 0 Å². The van der Waals surface area contributed by atoms with Gasteiger partial charge in [-0.05, 0) is 24.8 Å². The summed E-state index contributed by atoms with van der Waals surface area (Å²) in [7, 11) is -3.05. The zero-order valence-corrected chi connectivity index (χ0v) is 12.0. The first-order chi connectivity index (χ1) is 8.88. The maximum atomic E-state index is 11.7. The second kappa shape index (κ2) is 7.40. The van der Waals surface area contributed by atoms with Crippen molar-refractivity contribution in [1.82, 2.24) is 0 Å². The fourth-order valence-corrected chi connectivity index (χ4v) is 2.48. The van der Waals surface area contributed by atoms with Crippen molar-refractivity contribution in [2.24, 2.45) is 5.73 Å². The Balaban J connectivity index is 2.27. The Morgan fingerprint density at radius 3 is 2.47 bits per heavy atom. The summed E-state index contributed by atoms with van der Waals surface area (Å²) < 4.78 is 22.0. The monoisotopic (exact) mass is 283 g/mol. The molecule has 1 unspecified atom stereocenters. The lowest BCUT2D eigenvalue weighted by molar-refractivity contribution is -0.120. The molecule has 0 aliphatic carbocycles. The van der Waals surface area contributed by atoms with Gasteiger partial charge in [-0.1, -0.05) is 30.3 Å². The molecule has 0 heterocycles. The first-order valence-electron chi connectivity index (χ1n) is 6.38. The summed E-state index contributed by atoms with van der Waals surface area (Å²) in [4.78, 5) is 11.7. The van der Waals surface area contributed by atoms with Crippen LogP contribution < -0.4 is 5.73 Å². The quantitative estimate of drug-likeness (QED) is 0.781. The smallest absolute Gasteiger partial charge is 0.149 e. The fourth-order valence-electron chi connectivity index (χ4n) is 1.80. The summed E-state index contributed by atoms with van der Waals surface area (Å²) in [5, 5.41) is 0. The van der Waals surface area contributed by atoms with Gasteiger partial charge < -0.3 is 5.73 Å². The summed E-state index contributed by atoms with van der Waals surface area (Å²) in [6.45, 7) is 0. The Morgan fingerprint density at radius 2 is 1.89 bits per heavy atom. The molecule has 0 aliphatic heterocycles. The highest BCUT2D eigenvalue weighted by molar-refractivity contribution is 7.90. The number of hydrogen-bond donors (Lipinski definition) is 1. The maximum absolute atomic E-state index is 11.7. The number of ketones is 1. The van der Waals surface area contributed by atoms with Crippen molar-refractivity contribution < 1.29 is 13.2 Å². The molecule has 0 spiro atoms. The van der Waals surface area contributed by atoms with Crippen LogP contribution in [-0.2, 0) is 21.1 Å². The molecule has 0 amide bonds.